The van der Waals surface area contributed by atoms with E-state index in [0.717, 1.165) is 5.56 Å². The van der Waals surface area contributed by atoms with Gasteiger partial charge >= 0.3 is 0 Å². The molecule has 1 aliphatic heterocycles. The molecule has 1 heterocycles. The van der Waals surface area contributed by atoms with Crippen molar-refractivity contribution in [2.24, 2.45) is 0 Å². The summed E-state index contributed by atoms with van der Waals surface area (Å²) in [5.74, 6) is -0.607. The summed E-state index contributed by atoms with van der Waals surface area (Å²) >= 11 is 5.91. The molecule has 1 aliphatic rings. The number of anilines is 1. The van der Waals surface area contributed by atoms with Crippen molar-refractivity contribution in [1.82, 2.24) is 5.32 Å². The average molecular weight is 359 g/mol. The van der Waals surface area contributed by atoms with Gasteiger partial charge in [-0.2, -0.15) is 0 Å². The van der Waals surface area contributed by atoms with Crippen LogP contribution in [0.1, 0.15) is 18.9 Å². The highest BCUT2D eigenvalue weighted by molar-refractivity contribution is 7.91. The van der Waals surface area contributed by atoms with Crippen LogP contribution in [-0.2, 0) is 19.4 Å². The zero-order valence-electron chi connectivity index (χ0n) is 13.0. The highest BCUT2D eigenvalue weighted by atomic mass is 35.5. The molecule has 1 unspecified atom stereocenters. The molecule has 2 amide bonds. The van der Waals surface area contributed by atoms with E-state index in [2.05, 4.69) is 5.32 Å². The van der Waals surface area contributed by atoms with E-state index in [-0.39, 0.29) is 35.9 Å². The van der Waals surface area contributed by atoms with E-state index in [1.165, 1.54) is 11.8 Å². The Hall–Kier alpha value is -1.60. The molecule has 1 atom stereocenters. The quantitative estimate of drug-likeness (QED) is 0.879. The van der Waals surface area contributed by atoms with E-state index >= 15 is 0 Å². The predicted molar refractivity (Wildman–Crippen MR) is 89.4 cm³/mol. The molecule has 1 aromatic rings. The van der Waals surface area contributed by atoms with Gasteiger partial charge in [0.1, 0.15) is 6.54 Å². The van der Waals surface area contributed by atoms with E-state index in [4.69, 9.17) is 11.6 Å². The van der Waals surface area contributed by atoms with Crippen molar-refractivity contribution in [3.63, 3.8) is 0 Å². The number of nitrogens with zero attached hydrogens (tertiary/aromatic N) is 1. The van der Waals surface area contributed by atoms with Crippen LogP contribution in [0.25, 0.3) is 0 Å². The molecule has 0 saturated carbocycles. The van der Waals surface area contributed by atoms with Crippen LogP contribution in [-0.4, -0.2) is 44.3 Å². The third kappa shape index (κ3) is 4.68. The van der Waals surface area contributed by atoms with Gasteiger partial charge in [-0.3, -0.25) is 9.59 Å². The molecule has 0 bridgehead atoms. The van der Waals surface area contributed by atoms with Gasteiger partial charge in [-0.1, -0.05) is 11.6 Å². The van der Waals surface area contributed by atoms with Crippen LogP contribution in [0.2, 0.25) is 5.02 Å². The fraction of sp³-hybridized carbons (Fsp3) is 0.467. The zero-order chi connectivity index (χ0) is 17.2. The van der Waals surface area contributed by atoms with Gasteiger partial charge in [0.25, 0.3) is 0 Å². The van der Waals surface area contributed by atoms with Gasteiger partial charge in [-0.15, -0.1) is 0 Å². The standard InChI is InChI=1S/C15H19ClN2O4S/c1-10-7-12(16)3-4-14(10)18(11(2)19)8-15(20)17-13-5-6-23(21,22)9-13/h3-4,7,13H,5-6,8-9H2,1-2H3,(H,17,20). The largest absolute Gasteiger partial charge is 0.351 e. The first kappa shape index (κ1) is 17.7. The molecule has 2 rings (SSSR count). The molecule has 8 heteroatoms. The summed E-state index contributed by atoms with van der Waals surface area (Å²) in [4.78, 5) is 25.4. The monoisotopic (exact) mass is 358 g/mol. The summed E-state index contributed by atoms with van der Waals surface area (Å²) < 4.78 is 22.8. The topological polar surface area (TPSA) is 83.6 Å². The Morgan fingerprint density at radius 2 is 2.09 bits per heavy atom. The minimum Gasteiger partial charge on any atom is -0.351 e. The Labute approximate surface area is 140 Å². The molecule has 1 saturated heterocycles. The fourth-order valence-electron chi connectivity index (χ4n) is 2.61. The Kier molecular flexibility index (Phi) is 5.31. The molecule has 0 radical (unpaired) electrons. The third-order valence-electron chi connectivity index (χ3n) is 3.73. The molecule has 1 aromatic carbocycles. The number of hydrogen-bond acceptors (Lipinski definition) is 4. The molecule has 6 nitrogen and oxygen atoms in total. The van der Waals surface area contributed by atoms with Crippen molar-refractivity contribution in [2.75, 3.05) is 23.0 Å². The van der Waals surface area contributed by atoms with Gasteiger partial charge in [0, 0.05) is 23.7 Å². The van der Waals surface area contributed by atoms with E-state index in [0.29, 0.717) is 17.1 Å². The Morgan fingerprint density at radius 1 is 1.39 bits per heavy atom. The van der Waals surface area contributed by atoms with Crippen molar-refractivity contribution in [1.29, 1.82) is 0 Å². The number of carbonyl (C=O) groups excluding carboxylic acids is 2. The molecular weight excluding hydrogens is 340 g/mol. The maximum absolute atomic E-state index is 12.2. The molecular formula is C15H19ClN2O4S. The second-order valence-electron chi connectivity index (χ2n) is 5.70. The number of hydrogen-bond donors (Lipinski definition) is 1. The average Bonchev–Trinajstić information content (AvgIpc) is 2.75. The minimum absolute atomic E-state index is 0.0429. The minimum atomic E-state index is -3.06. The van der Waals surface area contributed by atoms with Gasteiger partial charge < -0.3 is 10.2 Å². The smallest absolute Gasteiger partial charge is 0.240 e. The van der Waals surface area contributed by atoms with Gasteiger partial charge in [0.2, 0.25) is 11.8 Å². The van der Waals surface area contributed by atoms with Crippen LogP contribution in [0.4, 0.5) is 5.69 Å². The number of aryl methyl sites for hydroxylation is 1. The van der Waals surface area contributed by atoms with Crippen molar-refractivity contribution in [3.05, 3.63) is 28.8 Å². The Morgan fingerprint density at radius 3 is 2.61 bits per heavy atom. The van der Waals surface area contributed by atoms with Crippen molar-refractivity contribution >= 4 is 38.9 Å². The highest BCUT2D eigenvalue weighted by Gasteiger charge is 2.29. The Bertz CT molecular complexity index is 733. The van der Waals surface area contributed by atoms with Gasteiger partial charge in [0.05, 0.1) is 11.5 Å². The molecule has 0 aliphatic carbocycles. The van der Waals surface area contributed by atoms with Crippen LogP contribution in [0.15, 0.2) is 18.2 Å². The normalized spacial score (nSPS) is 19.3. The number of sulfone groups is 1. The Balaban J connectivity index is 2.08. The van der Waals surface area contributed by atoms with E-state index in [9.17, 15) is 18.0 Å². The SMILES string of the molecule is CC(=O)N(CC(=O)NC1CCS(=O)(=O)C1)c1ccc(Cl)cc1C. The predicted octanol–water partition coefficient (Wildman–Crippen LogP) is 1.30. The maximum Gasteiger partial charge on any atom is 0.240 e. The lowest BCUT2D eigenvalue weighted by atomic mass is 10.1. The first-order chi connectivity index (χ1) is 10.7. The third-order valence-corrected chi connectivity index (χ3v) is 5.73. The number of amides is 2. The highest BCUT2D eigenvalue weighted by Crippen LogP contribution is 2.23. The summed E-state index contributed by atoms with van der Waals surface area (Å²) in [5, 5.41) is 3.23. The number of halogens is 1. The number of carbonyl (C=O) groups is 2. The van der Waals surface area contributed by atoms with E-state index < -0.39 is 9.84 Å². The second kappa shape index (κ2) is 6.88. The summed E-state index contributed by atoms with van der Waals surface area (Å²) in [6, 6.07) is 4.68. The van der Waals surface area contributed by atoms with Crippen LogP contribution in [0.3, 0.4) is 0 Å². The van der Waals surface area contributed by atoms with Crippen molar-refractivity contribution in [2.45, 2.75) is 26.3 Å². The lowest BCUT2D eigenvalue weighted by Crippen LogP contribution is -2.44. The maximum atomic E-state index is 12.2. The first-order valence-electron chi connectivity index (χ1n) is 7.22. The fourth-order valence-corrected chi connectivity index (χ4v) is 4.51. The van der Waals surface area contributed by atoms with E-state index in [1.807, 2.05) is 0 Å². The lowest BCUT2D eigenvalue weighted by Gasteiger charge is -2.23. The summed E-state index contributed by atoms with van der Waals surface area (Å²) in [7, 11) is -3.06. The first-order valence-corrected chi connectivity index (χ1v) is 9.42. The van der Waals surface area contributed by atoms with Gasteiger partial charge in [0.15, 0.2) is 9.84 Å². The number of benzene rings is 1. The van der Waals surface area contributed by atoms with Gasteiger partial charge in [-0.05, 0) is 37.1 Å². The van der Waals surface area contributed by atoms with Crippen LogP contribution in [0, 0.1) is 6.92 Å². The van der Waals surface area contributed by atoms with Crippen LogP contribution >= 0.6 is 11.6 Å². The van der Waals surface area contributed by atoms with Crippen LogP contribution < -0.4 is 10.2 Å². The molecule has 126 valence electrons. The summed E-state index contributed by atoms with van der Waals surface area (Å²) in [5.41, 5.74) is 1.39. The summed E-state index contributed by atoms with van der Waals surface area (Å²) in [6.07, 6.45) is 0.411. The summed E-state index contributed by atoms with van der Waals surface area (Å²) in [6.45, 7) is 3.02. The second-order valence-corrected chi connectivity index (χ2v) is 8.37. The number of rotatable bonds is 4. The molecule has 0 aromatic heterocycles. The van der Waals surface area contributed by atoms with E-state index in [1.54, 1.807) is 25.1 Å². The van der Waals surface area contributed by atoms with Crippen molar-refractivity contribution in [3.8, 4) is 0 Å². The zero-order valence-corrected chi connectivity index (χ0v) is 14.6. The molecule has 1 fully saturated rings. The lowest BCUT2D eigenvalue weighted by molar-refractivity contribution is -0.123. The van der Waals surface area contributed by atoms with Gasteiger partial charge in [-0.25, -0.2) is 8.42 Å². The molecule has 1 N–H and O–H groups in total. The molecule has 0 spiro atoms. The van der Waals surface area contributed by atoms with Crippen LogP contribution in [0.5, 0.6) is 0 Å². The van der Waals surface area contributed by atoms with Crippen molar-refractivity contribution < 1.29 is 18.0 Å². The molecule has 23 heavy (non-hydrogen) atoms. The number of nitrogens with one attached hydrogen (secondary N) is 1.